The molecule has 0 amide bonds. The van der Waals surface area contributed by atoms with E-state index in [9.17, 15) is 4.79 Å². The van der Waals surface area contributed by atoms with Crippen LogP contribution in [0.25, 0.3) is 0 Å². The first-order valence-electron chi connectivity index (χ1n) is 6.51. The molecule has 1 aromatic rings. The summed E-state index contributed by atoms with van der Waals surface area (Å²) in [6, 6.07) is 8.00. The van der Waals surface area contributed by atoms with Crippen molar-refractivity contribution in [3.8, 4) is 0 Å². The molecule has 18 heavy (non-hydrogen) atoms. The zero-order valence-corrected chi connectivity index (χ0v) is 11.5. The molecule has 100 valence electrons. The zero-order chi connectivity index (χ0) is 13.4. The molecule has 1 N–H and O–H groups in total. The maximum Gasteiger partial charge on any atom is 0.309 e. The lowest BCUT2D eigenvalue weighted by Gasteiger charge is -2.12. The lowest BCUT2D eigenvalue weighted by molar-refractivity contribution is -0.139. The largest absolute Gasteiger partial charge is 0.469 e. The Bertz CT molecular complexity index is 377. The number of hydrogen-bond donors (Lipinski definition) is 1. The van der Waals surface area contributed by atoms with Crippen LogP contribution in [0.1, 0.15) is 31.4 Å². The molecule has 0 bridgehead atoms. The normalized spacial score (nSPS) is 12.2. The van der Waals surface area contributed by atoms with Gasteiger partial charge in [-0.2, -0.15) is 0 Å². The molecule has 1 unspecified atom stereocenters. The van der Waals surface area contributed by atoms with Gasteiger partial charge in [0.15, 0.2) is 0 Å². The van der Waals surface area contributed by atoms with Crippen molar-refractivity contribution >= 4 is 5.97 Å². The second-order valence-corrected chi connectivity index (χ2v) is 4.67. The smallest absolute Gasteiger partial charge is 0.309 e. The summed E-state index contributed by atoms with van der Waals surface area (Å²) >= 11 is 0. The number of nitrogens with one attached hydrogen (secondary N) is 1. The van der Waals surface area contributed by atoms with Crippen molar-refractivity contribution in [1.82, 2.24) is 5.32 Å². The molecule has 3 nitrogen and oxygen atoms in total. The molecule has 1 atom stereocenters. The van der Waals surface area contributed by atoms with Gasteiger partial charge < -0.3 is 10.1 Å². The number of ether oxygens (including phenoxy) is 1. The van der Waals surface area contributed by atoms with Crippen molar-refractivity contribution in [2.24, 2.45) is 5.92 Å². The average Bonchev–Trinajstić information content (AvgIpc) is 2.40. The van der Waals surface area contributed by atoms with E-state index in [-0.39, 0.29) is 5.97 Å². The van der Waals surface area contributed by atoms with E-state index in [0.717, 1.165) is 18.7 Å². The van der Waals surface area contributed by atoms with E-state index in [1.807, 2.05) is 18.2 Å². The Morgan fingerprint density at radius 3 is 2.61 bits per heavy atom. The predicted molar refractivity (Wildman–Crippen MR) is 73.3 cm³/mol. The van der Waals surface area contributed by atoms with Crippen molar-refractivity contribution in [3.63, 3.8) is 0 Å². The first-order valence-corrected chi connectivity index (χ1v) is 6.51. The summed E-state index contributed by atoms with van der Waals surface area (Å²) in [6.45, 7) is 6.23. The predicted octanol–water partition coefficient (Wildman–Crippen LogP) is 2.54. The van der Waals surface area contributed by atoms with Crippen LogP contribution in [0, 0.1) is 5.92 Å². The second-order valence-electron chi connectivity index (χ2n) is 4.67. The van der Waals surface area contributed by atoms with Crippen molar-refractivity contribution in [2.45, 2.75) is 33.2 Å². The van der Waals surface area contributed by atoms with E-state index >= 15 is 0 Å². The minimum Gasteiger partial charge on any atom is -0.469 e. The van der Waals surface area contributed by atoms with Crippen molar-refractivity contribution in [3.05, 3.63) is 35.4 Å². The standard InChI is InChI=1S/C15H23NO2/c1-4-12(2)10-16-11-14-8-6-5-7-13(14)9-15(17)18-3/h5-8,12,16H,4,9-11H2,1-3H3. The number of rotatable bonds is 7. The molecule has 0 saturated carbocycles. The molecule has 1 rings (SSSR count). The van der Waals surface area contributed by atoms with Crippen LogP contribution in [-0.4, -0.2) is 19.6 Å². The molecule has 3 heteroatoms. The average molecular weight is 249 g/mol. The summed E-state index contributed by atoms with van der Waals surface area (Å²) < 4.78 is 4.71. The molecular formula is C15H23NO2. The van der Waals surface area contributed by atoms with Crippen LogP contribution in [-0.2, 0) is 22.5 Å². The minimum atomic E-state index is -0.190. The van der Waals surface area contributed by atoms with Gasteiger partial charge in [-0.05, 0) is 23.6 Å². The Labute approximate surface area is 110 Å². The maximum atomic E-state index is 11.3. The number of benzene rings is 1. The van der Waals surface area contributed by atoms with E-state index in [1.165, 1.54) is 19.1 Å². The fourth-order valence-corrected chi connectivity index (χ4v) is 1.73. The summed E-state index contributed by atoms with van der Waals surface area (Å²) in [4.78, 5) is 11.3. The molecule has 0 saturated heterocycles. The first kappa shape index (κ1) is 14.7. The molecule has 0 aliphatic rings. The van der Waals surface area contributed by atoms with E-state index in [4.69, 9.17) is 4.74 Å². The van der Waals surface area contributed by atoms with Gasteiger partial charge in [-0.3, -0.25) is 4.79 Å². The van der Waals surface area contributed by atoms with Gasteiger partial charge in [0.25, 0.3) is 0 Å². The first-order chi connectivity index (χ1) is 8.67. The van der Waals surface area contributed by atoms with Crippen LogP contribution >= 0.6 is 0 Å². The quantitative estimate of drug-likeness (QED) is 0.755. The van der Waals surface area contributed by atoms with E-state index in [2.05, 4.69) is 25.2 Å². The third kappa shape index (κ3) is 4.88. The van der Waals surface area contributed by atoms with E-state index in [0.29, 0.717) is 12.3 Å². The van der Waals surface area contributed by atoms with Crippen LogP contribution in [0.5, 0.6) is 0 Å². The van der Waals surface area contributed by atoms with Crippen molar-refractivity contribution < 1.29 is 9.53 Å². The number of carbonyl (C=O) groups excluding carboxylic acids is 1. The molecule has 1 aromatic carbocycles. The highest BCUT2D eigenvalue weighted by Gasteiger charge is 2.07. The van der Waals surface area contributed by atoms with Crippen LogP contribution in [0.4, 0.5) is 0 Å². The van der Waals surface area contributed by atoms with E-state index in [1.54, 1.807) is 0 Å². The highest BCUT2D eigenvalue weighted by Crippen LogP contribution is 2.10. The summed E-state index contributed by atoms with van der Waals surface area (Å²) in [5.41, 5.74) is 2.22. The molecule has 0 fully saturated rings. The minimum absolute atomic E-state index is 0.190. The van der Waals surface area contributed by atoms with Gasteiger partial charge >= 0.3 is 5.97 Å². The fraction of sp³-hybridized carbons (Fsp3) is 0.533. The molecular weight excluding hydrogens is 226 g/mol. The van der Waals surface area contributed by atoms with Gasteiger partial charge in [-0.15, -0.1) is 0 Å². The Morgan fingerprint density at radius 2 is 2.00 bits per heavy atom. The Morgan fingerprint density at radius 1 is 1.33 bits per heavy atom. The number of esters is 1. The summed E-state index contributed by atoms with van der Waals surface area (Å²) in [5.74, 6) is 0.488. The third-order valence-electron chi connectivity index (χ3n) is 3.19. The third-order valence-corrected chi connectivity index (χ3v) is 3.19. The van der Waals surface area contributed by atoms with Crippen LogP contribution in [0.2, 0.25) is 0 Å². The molecule has 0 heterocycles. The van der Waals surface area contributed by atoms with Crippen molar-refractivity contribution in [2.75, 3.05) is 13.7 Å². The molecule has 0 aromatic heterocycles. The number of hydrogen-bond acceptors (Lipinski definition) is 3. The van der Waals surface area contributed by atoms with Gasteiger partial charge in [0, 0.05) is 6.54 Å². The fourth-order valence-electron chi connectivity index (χ4n) is 1.73. The van der Waals surface area contributed by atoms with Gasteiger partial charge in [0.2, 0.25) is 0 Å². The van der Waals surface area contributed by atoms with E-state index < -0.39 is 0 Å². The van der Waals surface area contributed by atoms with Crippen molar-refractivity contribution in [1.29, 1.82) is 0 Å². The summed E-state index contributed by atoms with van der Waals surface area (Å²) in [6.07, 6.45) is 1.52. The Hall–Kier alpha value is -1.35. The van der Waals surface area contributed by atoms with Crippen LogP contribution in [0.3, 0.4) is 0 Å². The number of methoxy groups -OCH3 is 1. The number of carbonyl (C=O) groups is 1. The van der Waals surface area contributed by atoms with Crippen LogP contribution in [0.15, 0.2) is 24.3 Å². The Balaban J connectivity index is 2.56. The molecule has 0 aliphatic heterocycles. The van der Waals surface area contributed by atoms with Crippen LogP contribution < -0.4 is 5.32 Å². The van der Waals surface area contributed by atoms with Gasteiger partial charge in [0.05, 0.1) is 13.5 Å². The summed E-state index contributed by atoms with van der Waals surface area (Å²) in [5, 5.41) is 3.43. The highest BCUT2D eigenvalue weighted by atomic mass is 16.5. The van der Waals surface area contributed by atoms with Gasteiger partial charge in [-0.1, -0.05) is 44.5 Å². The highest BCUT2D eigenvalue weighted by molar-refractivity contribution is 5.72. The molecule has 0 spiro atoms. The molecule has 0 radical (unpaired) electrons. The topological polar surface area (TPSA) is 38.3 Å². The summed E-state index contributed by atoms with van der Waals surface area (Å²) in [7, 11) is 1.42. The SMILES string of the molecule is CCC(C)CNCc1ccccc1CC(=O)OC. The second kappa shape index (κ2) is 7.88. The monoisotopic (exact) mass is 249 g/mol. The Kier molecular flexibility index (Phi) is 6.44. The zero-order valence-electron chi connectivity index (χ0n) is 11.5. The molecule has 0 aliphatic carbocycles. The van der Waals surface area contributed by atoms with Gasteiger partial charge in [-0.25, -0.2) is 0 Å². The maximum absolute atomic E-state index is 11.3. The van der Waals surface area contributed by atoms with Gasteiger partial charge in [0.1, 0.15) is 0 Å². The lowest BCUT2D eigenvalue weighted by atomic mass is 10.0. The lowest BCUT2D eigenvalue weighted by Crippen LogP contribution is -2.21.